The van der Waals surface area contributed by atoms with E-state index >= 15 is 0 Å². The lowest BCUT2D eigenvalue weighted by molar-refractivity contribution is -0.141. The Hall–Kier alpha value is -3.26. The van der Waals surface area contributed by atoms with Crippen LogP contribution in [0.2, 0.25) is 0 Å². The normalized spacial score (nSPS) is 12.2. The highest BCUT2D eigenvalue weighted by Crippen LogP contribution is 2.16. The van der Waals surface area contributed by atoms with Crippen LogP contribution >= 0.6 is 11.8 Å². The van der Waals surface area contributed by atoms with Gasteiger partial charge in [0.1, 0.15) is 17.5 Å². The average Bonchev–Trinajstić information content (AvgIpc) is 2.77. The summed E-state index contributed by atoms with van der Waals surface area (Å²) in [6.45, 7) is 3.84. The van der Waals surface area contributed by atoms with E-state index in [-0.39, 0.29) is 18.2 Å². The van der Waals surface area contributed by atoms with Crippen molar-refractivity contribution in [2.24, 2.45) is 0 Å². The minimum absolute atomic E-state index is 0.0251. The van der Waals surface area contributed by atoms with E-state index in [1.807, 2.05) is 20.1 Å². The Bertz CT molecular complexity index is 943. The van der Waals surface area contributed by atoms with Gasteiger partial charge in [-0.15, -0.1) is 0 Å². The van der Waals surface area contributed by atoms with Crippen molar-refractivity contribution in [2.45, 2.75) is 32.4 Å². The van der Waals surface area contributed by atoms with Gasteiger partial charge in [-0.25, -0.2) is 4.79 Å². The largest absolute Gasteiger partial charge is 0.491 e. The van der Waals surface area contributed by atoms with Gasteiger partial charge >= 0.3 is 5.97 Å². The molecule has 3 N–H and O–H groups in total. The van der Waals surface area contributed by atoms with Crippen LogP contribution in [0.1, 0.15) is 36.2 Å². The highest BCUT2D eigenvalue weighted by molar-refractivity contribution is 7.98. The van der Waals surface area contributed by atoms with Crippen molar-refractivity contribution >= 4 is 35.6 Å². The molecule has 0 aliphatic heterocycles. The van der Waals surface area contributed by atoms with Gasteiger partial charge in [-0.1, -0.05) is 30.3 Å². The second kappa shape index (κ2) is 12.6. The first kappa shape index (κ1) is 25.0. The van der Waals surface area contributed by atoms with Gasteiger partial charge in [-0.05, 0) is 68.2 Å². The number of hydrogen-bond donors (Lipinski definition) is 3. The van der Waals surface area contributed by atoms with Crippen LogP contribution in [0.4, 0.5) is 0 Å². The summed E-state index contributed by atoms with van der Waals surface area (Å²) in [6, 6.07) is 14.4. The van der Waals surface area contributed by atoms with Crippen LogP contribution in [0.3, 0.4) is 0 Å². The summed E-state index contributed by atoms with van der Waals surface area (Å²) in [7, 11) is 0. The van der Waals surface area contributed by atoms with Crippen molar-refractivity contribution in [3.8, 4) is 5.75 Å². The Labute approximate surface area is 192 Å². The van der Waals surface area contributed by atoms with E-state index in [9.17, 15) is 19.5 Å². The van der Waals surface area contributed by atoms with E-state index in [1.165, 1.54) is 17.8 Å². The van der Waals surface area contributed by atoms with Crippen molar-refractivity contribution in [3.05, 3.63) is 71.4 Å². The van der Waals surface area contributed by atoms with Crippen molar-refractivity contribution in [3.63, 3.8) is 0 Å². The van der Waals surface area contributed by atoms with Crippen LogP contribution in [0, 0.1) is 0 Å². The molecule has 7 nitrogen and oxygen atoms in total. The molecule has 0 spiro atoms. The van der Waals surface area contributed by atoms with Crippen LogP contribution in [0.15, 0.2) is 60.3 Å². The van der Waals surface area contributed by atoms with Crippen LogP contribution in [-0.4, -0.2) is 47.0 Å². The summed E-state index contributed by atoms with van der Waals surface area (Å²) < 4.78 is 5.62. The predicted octanol–water partition coefficient (Wildman–Crippen LogP) is 3.57. The molecule has 170 valence electrons. The Morgan fingerprint density at radius 1 is 1.06 bits per heavy atom. The maximum atomic E-state index is 12.9. The zero-order chi connectivity index (χ0) is 23.5. The first-order valence-corrected chi connectivity index (χ1v) is 11.6. The number of rotatable bonds is 11. The summed E-state index contributed by atoms with van der Waals surface area (Å²) in [5.74, 6) is -1.02. The fourth-order valence-corrected chi connectivity index (χ4v) is 3.22. The zero-order valence-corrected chi connectivity index (χ0v) is 19.1. The maximum Gasteiger partial charge on any atom is 0.326 e. The van der Waals surface area contributed by atoms with Gasteiger partial charge in [0, 0.05) is 5.56 Å². The molecular formula is C24H28N2O5S. The lowest BCUT2D eigenvalue weighted by Gasteiger charge is -2.16. The first-order chi connectivity index (χ1) is 15.3. The van der Waals surface area contributed by atoms with Gasteiger partial charge in [0.05, 0.1) is 6.10 Å². The molecule has 0 aliphatic carbocycles. The molecule has 0 aromatic heterocycles. The molecule has 0 heterocycles. The third-order valence-electron chi connectivity index (χ3n) is 4.31. The van der Waals surface area contributed by atoms with Gasteiger partial charge < -0.3 is 20.5 Å². The van der Waals surface area contributed by atoms with Gasteiger partial charge in [-0.3, -0.25) is 9.59 Å². The van der Waals surface area contributed by atoms with Gasteiger partial charge in [0.25, 0.3) is 11.8 Å². The number of thioether (sulfide) groups is 1. The van der Waals surface area contributed by atoms with E-state index in [0.717, 1.165) is 0 Å². The summed E-state index contributed by atoms with van der Waals surface area (Å²) in [6.07, 6.45) is 3.66. The quantitative estimate of drug-likeness (QED) is 0.447. The second-order valence-corrected chi connectivity index (χ2v) is 8.25. The summed E-state index contributed by atoms with van der Waals surface area (Å²) in [5.41, 5.74) is 0.978. The third-order valence-corrected chi connectivity index (χ3v) is 4.95. The minimum Gasteiger partial charge on any atom is -0.491 e. The topological polar surface area (TPSA) is 105 Å². The molecule has 0 radical (unpaired) electrons. The Morgan fingerprint density at radius 2 is 1.72 bits per heavy atom. The molecule has 0 aliphatic rings. The number of carbonyl (C=O) groups is 3. The van der Waals surface area contributed by atoms with Gasteiger partial charge in [0.2, 0.25) is 0 Å². The van der Waals surface area contributed by atoms with E-state index in [1.54, 1.807) is 54.6 Å². The predicted molar refractivity (Wildman–Crippen MR) is 127 cm³/mol. The van der Waals surface area contributed by atoms with E-state index in [2.05, 4.69) is 10.6 Å². The minimum atomic E-state index is -1.13. The van der Waals surface area contributed by atoms with Crippen LogP contribution < -0.4 is 15.4 Å². The van der Waals surface area contributed by atoms with Crippen LogP contribution in [0.5, 0.6) is 5.75 Å². The maximum absolute atomic E-state index is 12.9. The number of hydrogen-bond acceptors (Lipinski definition) is 5. The van der Waals surface area contributed by atoms with Gasteiger partial charge in [-0.2, -0.15) is 11.8 Å². The van der Waals surface area contributed by atoms with Crippen molar-refractivity contribution < 1.29 is 24.2 Å². The molecule has 1 atom stereocenters. The average molecular weight is 457 g/mol. The molecule has 8 heteroatoms. The lowest BCUT2D eigenvalue weighted by atomic mass is 10.1. The molecular weight excluding hydrogens is 428 g/mol. The highest BCUT2D eigenvalue weighted by atomic mass is 32.2. The van der Waals surface area contributed by atoms with Crippen molar-refractivity contribution in [1.82, 2.24) is 10.6 Å². The SMILES string of the molecule is CSCC[C@H](NC(=O)C(=Cc1ccc(OC(C)C)cc1)NC(=O)c1ccccc1)C(=O)O. The van der Waals surface area contributed by atoms with Crippen LogP contribution in [0.25, 0.3) is 6.08 Å². The molecule has 0 unspecified atom stereocenters. The van der Waals surface area contributed by atoms with Crippen LogP contribution in [-0.2, 0) is 9.59 Å². The van der Waals surface area contributed by atoms with Gasteiger partial charge in [0.15, 0.2) is 0 Å². The Kier molecular flexibility index (Phi) is 9.81. The number of benzene rings is 2. The van der Waals surface area contributed by atoms with E-state index in [4.69, 9.17) is 4.74 Å². The number of amides is 2. The molecule has 2 amide bonds. The summed E-state index contributed by atoms with van der Waals surface area (Å²) in [4.78, 5) is 37.1. The number of carbonyl (C=O) groups excluding carboxylic acids is 2. The molecule has 0 fully saturated rings. The Morgan fingerprint density at radius 3 is 2.28 bits per heavy atom. The number of aliphatic carboxylic acids is 1. The zero-order valence-electron chi connectivity index (χ0n) is 18.3. The van der Waals surface area contributed by atoms with Crippen molar-refractivity contribution in [1.29, 1.82) is 0 Å². The third kappa shape index (κ3) is 8.11. The highest BCUT2D eigenvalue weighted by Gasteiger charge is 2.22. The monoisotopic (exact) mass is 456 g/mol. The molecule has 2 aromatic carbocycles. The molecule has 0 bridgehead atoms. The summed E-state index contributed by atoms with van der Waals surface area (Å²) >= 11 is 1.49. The van der Waals surface area contributed by atoms with Crippen molar-refractivity contribution in [2.75, 3.05) is 12.0 Å². The van der Waals surface area contributed by atoms with E-state index in [0.29, 0.717) is 22.6 Å². The molecule has 32 heavy (non-hydrogen) atoms. The number of carboxylic acid groups (broad SMARTS) is 1. The molecule has 0 saturated heterocycles. The fraction of sp³-hybridized carbons (Fsp3) is 0.292. The molecule has 2 aromatic rings. The summed E-state index contributed by atoms with van der Waals surface area (Å²) in [5, 5.41) is 14.6. The second-order valence-electron chi connectivity index (χ2n) is 7.26. The lowest BCUT2D eigenvalue weighted by Crippen LogP contribution is -2.44. The fourth-order valence-electron chi connectivity index (χ4n) is 2.75. The number of carboxylic acids is 1. The number of nitrogens with one attached hydrogen (secondary N) is 2. The standard InChI is InChI=1S/C24H28N2O5S/c1-16(2)31-19-11-9-17(10-12-19)15-21(26-22(27)18-7-5-4-6-8-18)23(28)25-20(24(29)30)13-14-32-3/h4-12,15-16,20H,13-14H2,1-3H3,(H,25,28)(H,26,27)(H,29,30)/t20-/m0/s1. The first-order valence-electron chi connectivity index (χ1n) is 10.2. The Balaban J connectivity index is 2.29. The smallest absolute Gasteiger partial charge is 0.326 e. The molecule has 0 saturated carbocycles. The van der Waals surface area contributed by atoms with E-state index < -0.39 is 23.8 Å². The molecule has 2 rings (SSSR count). The number of ether oxygens (including phenoxy) is 1.